The summed E-state index contributed by atoms with van der Waals surface area (Å²) < 4.78 is 0. The largest absolute Gasteiger partial charge is 0.326 e. The molecule has 0 fully saturated rings. The molecule has 0 unspecified atom stereocenters. The van der Waals surface area contributed by atoms with E-state index in [1.54, 1.807) is 30.1 Å². The smallest absolute Gasteiger partial charge is 0.225 e. The van der Waals surface area contributed by atoms with Crippen LogP contribution in [0.4, 0.5) is 5.69 Å². The van der Waals surface area contributed by atoms with Crippen LogP contribution in [0.15, 0.2) is 71.8 Å². The predicted molar refractivity (Wildman–Crippen MR) is 125 cm³/mol. The Kier molecular flexibility index (Phi) is 6.47. The number of hydrogen-bond donors (Lipinski definition) is 2. The number of aromatic nitrogens is 3. The van der Waals surface area contributed by atoms with Gasteiger partial charge in [-0.15, -0.1) is 11.8 Å². The van der Waals surface area contributed by atoms with Gasteiger partial charge in [-0.3, -0.25) is 14.9 Å². The number of nitrogens with one attached hydrogen (secondary N) is 2. The Balaban J connectivity index is 1.34. The van der Waals surface area contributed by atoms with Crippen LogP contribution in [0.2, 0.25) is 5.02 Å². The monoisotopic (exact) mass is 434 g/mol. The third-order valence-electron chi connectivity index (χ3n) is 4.37. The number of nitrogens with zero attached hydrogens (tertiary/aromatic N) is 2. The van der Waals surface area contributed by atoms with Gasteiger partial charge >= 0.3 is 0 Å². The summed E-state index contributed by atoms with van der Waals surface area (Å²) in [6.07, 6.45) is 6.07. The van der Waals surface area contributed by atoms with Crippen LogP contribution in [0.25, 0.3) is 23.1 Å². The van der Waals surface area contributed by atoms with Gasteiger partial charge in [-0.2, -0.15) is 5.10 Å². The summed E-state index contributed by atoms with van der Waals surface area (Å²) >= 11 is 7.58. The van der Waals surface area contributed by atoms with Crippen molar-refractivity contribution in [1.82, 2.24) is 15.2 Å². The number of aromatic amines is 1. The zero-order chi connectivity index (χ0) is 20.8. The van der Waals surface area contributed by atoms with Crippen molar-refractivity contribution in [3.05, 3.63) is 83.3 Å². The molecule has 2 aromatic heterocycles. The second-order valence-corrected chi connectivity index (χ2v) is 8.17. The van der Waals surface area contributed by atoms with Crippen molar-refractivity contribution in [2.75, 3.05) is 11.1 Å². The first-order valence-electron chi connectivity index (χ1n) is 9.43. The van der Waals surface area contributed by atoms with Gasteiger partial charge in [-0.05, 0) is 60.7 Å². The number of amides is 1. The minimum Gasteiger partial charge on any atom is -0.326 e. The Morgan fingerprint density at radius 3 is 2.87 bits per heavy atom. The quantitative estimate of drug-likeness (QED) is 0.355. The van der Waals surface area contributed by atoms with Crippen molar-refractivity contribution in [2.24, 2.45) is 0 Å². The Labute approximate surface area is 183 Å². The molecule has 0 radical (unpaired) electrons. The fourth-order valence-electron chi connectivity index (χ4n) is 2.93. The standard InChI is InChI=1S/C23H19ClN4OS/c24-16-4-3-6-18(14-16)26-23(29)11-13-30-19-8-9-20-21(27-28-22(20)15-19)10-7-17-5-1-2-12-25-17/h1-10,12,14-15H,11,13H2,(H,26,29)(H,27,28)/b10-7+. The number of thioether (sulfide) groups is 1. The maximum atomic E-state index is 12.1. The lowest BCUT2D eigenvalue weighted by molar-refractivity contribution is -0.115. The van der Waals surface area contributed by atoms with E-state index in [9.17, 15) is 4.79 Å². The molecule has 4 aromatic rings. The highest BCUT2D eigenvalue weighted by Crippen LogP contribution is 2.26. The van der Waals surface area contributed by atoms with Crippen LogP contribution in [0.1, 0.15) is 17.8 Å². The Hall–Kier alpha value is -3.09. The molecule has 0 aliphatic rings. The van der Waals surface area contributed by atoms with E-state index in [4.69, 9.17) is 11.6 Å². The molecule has 2 heterocycles. The topological polar surface area (TPSA) is 70.7 Å². The number of fused-ring (bicyclic) bond motifs is 1. The van der Waals surface area contributed by atoms with Gasteiger partial charge in [0.25, 0.3) is 0 Å². The molecule has 30 heavy (non-hydrogen) atoms. The van der Waals surface area contributed by atoms with Gasteiger partial charge in [-0.1, -0.05) is 23.7 Å². The van der Waals surface area contributed by atoms with Crippen LogP contribution in [0.5, 0.6) is 0 Å². The van der Waals surface area contributed by atoms with E-state index in [1.807, 2.05) is 48.6 Å². The molecule has 0 aliphatic carbocycles. The van der Waals surface area contributed by atoms with E-state index in [0.29, 0.717) is 22.9 Å². The van der Waals surface area contributed by atoms with Crippen molar-refractivity contribution in [1.29, 1.82) is 0 Å². The first-order chi connectivity index (χ1) is 14.7. The molecule has 0 aliphatic heterocycles. The Bertz CT molecular complexity index is 1190. The average molecular weight is 435 g/mol. The fraction of sp³-hybridized carbons (Fsp3) is 0.0870. The van der Waals surface area contributed by atoms with Crippen LogP contribution >= 0.6 is 23.4 Å². The van der Waals surface area contributed by atoms with Crippen LogP contribution < -0.4 is 5.32 Å². The van der Waals surface area contributed by atoms with Crippen molar-refractivity contribution in [3.8, 4) is 0 Å². The van der Waals surface area contributed by atoms with E-state index in [-0.39, 0.29) is 5.91 Å². The number of anilines is 1. The van der Waals surface area contributed by atoms with Gasteiger partial charge in [0.05, 0.1) is 16.9 Å². The number of halogens is 1. The highest BCUT2D eigenvalue weighted by atomic mass is 35.5. The lowest BCUT2D eigenvalue weighted by Gasteiger charge is -2.06. The number of hydrogen-bond acceptors (Lipinski definition) is 4. The second-order valence-electron chi connectivity index (χ2n) is 6.56. The van der Waals surface area contributed by atoms with Gasteiger partial charge < -0.3 is 5.32 Å². The third kappa shape index (κ3) is 5.28. The van der Waals surface area contributed by atoms with E-state index in [1.165, 1.54) is 0 Å². The predicted octanol–water partition coefficient (Wildman–Crippen LogP) is 5.90. The molecule has 4 rings (SSSR count). The maximum Gasteiger partial charge on any atom is 0.225 e. The number of carbonyl (C=O) groups is 1. The molecule has 5 nitrogen and oxygen atoms in total. The molecule has 2 N–H and O–H groups in total. The molecule has 1 amide bonds. The number of rotatable bonds is 7. The Morgan fingerprint density at radius 2 is 2.03 bits per heavy atom. The number of pyridine rings is 1. The summed E-state index contributed by atoms with van der Waals surface area (Å²) in [5.74, 6) is 0.646. The summed E-state index contributed by atoms with van der Waals surface area (Å²) in [5.41, 5.74) is 3.43. The first-order valence-corrected chi connectivity index (χ1v) is 10.8. The minimum absolute atomic E-state index is 0.0330. The van der Waals surface area contributed by atoms with Crippen LogP contribution in [0.3, 0.4) is 0 Å². The zero-order valence-electron chi connectivity index (χ0n) is 16.0. The average Bonchev–Trinajstić information content (AvgIpc) is 3.15. The second kappa shape index (κ2) is 9.61. The third-order valence-corrected chi connectivity index (χ3v) is 5.60. The molecule has 7 heteroatoms. The van der Waals surface area contributed by atoms with Gasteiger partial charge in [0.15, 0.2) is 0 Å². The lowest BCUT2D eigenvalue weighted by Crippen LogP contribution is -2.12. The normalized spacial score (nSPS) is 11.2. The highest BCUT2D eigenvalue weighted by Gasteiger charge is 2.07. The maximum absolute atomic E-state index is 12.1. The molecule has 2 aromatic carbocycles. The summed E-state index contributed by atoms with van der Waals surface area (Å²) in [5, 5.41) is 12.0. The fourth-order valence-corrected chi connectivity index (χ4v) is 4.01. The molecular formula is C23H19ClN4OS. The van der Waals surface area contributed by atoms with Crippen LogP contribution in [0, 0.1) is 0 Å². The zero-order valence-corrected chi connectivity index (χ0v) is 17.6. The van der Waals surface area contributed by atoms with Crippen molar-refractivity contribution in [3.63, 3.8) is 0 Å². The SMILES string of the molecule is O=C(CCSc1ccc2c(/C=C/c3ccccn3)n[nH]c2c1)Nc1cccc(Cl)c1. The molecule has 150 valence electrons. The van der Waals surface area contributed by atoms with E-state index >= 15 is 0 Å². The van der Waals surface area contributed by atoms with E-state index in [0.717, 1.165) is 27.2 Å². The summed E-state index contributed by atoms with van der Waals surface area (Å²) in [7, 11) is 0. The molecule has 0 spiro atoms. The van der Waals surface area contributed by atoms with Gasteiger partial charge in [0.1, 0.15) is 0 Å². The lowest BCUT2D eigenvalue weighted by atomic mass is 10.2. The van der Waals surface area contributed by atoms with Crippen molar-refractivity contribution in [2.45, 2.75) is 11.3 Å². The van der Waals surface area contributed by atoms with Gasteiger partial charge in [0, 0.05) is 39.4 Å². The van der Waals surface area contributed by atoms with Crippen molar-refractivity contribution < 1.29 is 4.79 Å². The molecular weight excluding hydrogens is 416 g/mol. The van der Waals surface area contributed by atoms with Gasteiger partial charge in [-0.25, -0.2) is 0 Å². The summed E-state index contributed by atoms with van der Waals surface area (Å²) in [6.45, 7) is 0. The van der Waals surface area contributed by atoms with Crippen LogP contribution in [-0.2, 0) is 4.79 Å². The van der Waals surface area contributed by atoms with Gasteiger partial charge in [0.2, 0.25) is 5.91 Å². The minimum atomic E-state index is -0.0330. The van der Waals surface area contributed by atoms with Crippen molar-refractivity contribution >= 4 is 58.0 Å². The molecule has 0 atom stereocenters. The molecule has 0 saturated carbocycles. The van der Waals surface area contributed by atoms with E-state index in [2.05, 4.69) is 32.6 Å². The first kappa shape index (κ1) is 20.2. The molecule has 0 bridgehead atoms. The molecule has 0 saturated heterocycles. The summed E-state index contributed by atoms with van der Waals surface area (Å²) in [4.78, 5) is 17.5. The van der Waals surface area contributed by atoms with E-state index < -0.39 is 0 Å². The Morgan fingerprint density at radius 1 is 1.10 bits per heavy atom. The van der Waals surface area contributed by atoms with Crippen LogP contribution in [-0.4, -0.2) is 26.8 Å². The number of H-pyrrole nitrogens is 1. The number of carbonyl (C=O) groups excluding carboxylic acids is 1. The highest BCUT2D eigenvalue weighted by molar-refractivity contribution is 7.99. The summed E-state index contributed by atoms with van der Waals surface area (Å²) in [6, 6.07) is 19.1. The number of benzene rings is 2.